The molecule has 78 valence electrons. The van der Waals surface area contributed by atoms with Gasteiger partial charge in [0.05, 0.1) is 12.4 Å². The molecule has 1 N–H and O–H groups in total. The molecule has 1 unspecified atom stereocenters. The topological polar surface area (TPSA) is 42.7 Å². The summed E-state index contributed by atoms with van der Waals surface area (Å²) >= 11 is 0. The standard InChI is InChI=1S/C11H14N4/c1-3-9(2)12-8-15-11-7-5-4-6-10(11)13-14-15/h6-7,9,12H,3,8H2,1-2H3. The Balaban J connectivity index is 2.09. The number of rotatable bonds is 4. The Morgan fingerprint density at radius 1 is 1.47 bits per heavy atom. The first-order chi connectivity index (χ1) is 7.31. The van der Waals surface area contributed by atoms with E-state index in [1.807, 2.05) is 10.8 Å². The van der Waals surface area contributed by atoms with Gasteiger partial charge in [0.15, 0.2) is 0 Å². The van der Waals surface area contributed by atoms with Crippen LogP contribution in [0.25, 0.3) is 12.2 Å². The first-order valence-corrected chi connectivity index (χ1v) is 5.15. The molecule has 0 spiro atoms. The summed E-state index contributed by atoms with van der Waals surface area (Å²) in [4.78, 5) is 0. The summed E-state index contributed by atoms with van der Waals surface area (Å²) in [5.41, 5.74) is 7.62. The van der Waals surface area contributed by atoms with E-state index in [0.29, 0.717) is 12.7 Å². The molecule has 0 bridgehead atoms. The number of nitrogens with one attached hydrogen (secondary N) is 1. The maximum atomic E-state index is 4.07. The normalized spacial score (nSPS) is 14.3. The van der Waals surface area contributed by atoms with Crippen molar-refractivity contribution in [2.75, 3.05) is 0 Å². The van der Waals surface area contributed by atoms with Crippen LogP contribution >= 0.6 is 0 Å². The lowest BCUT2D eigenvalue weighted by Gasteiger charge is -2.11. The third-order valence-electron chi connectivity index (χ3n) is 2.50. The molecule has 1 atom stereocenters. The Kier molecular flexibility index (Phi) is 2.84. The molecule has 0 fully saturated rings. The molecular weight excluding hydrogens is 188 g/mol. The molecule has 1 aromatic rings. The lowest BCUT2D eigenvalue weighted by molar-refractivity contribution is 0.432. The highest BCUT2D eigenvalue weighted by atomic mass is 15.5. The SMILES string of the molecule is CCC(C)NCn1nnc2c1C=C=C=C2. The summed E-state index contributed by atoms with van der Waals surface area (Å²) in [6.45, 7) is 4.99. The fourth-order valence-electron chi connectivity index (χ4n) is 1.31. The van der Waals surface area contributed by atoms with E-state index in [1.54, 1.807) is 6.08 Å². The fourth-order valence-corrected chi connectivity index (χ4v) is 1.31. The van der Waals surface area contributed by atoms with Gasteiger partial charge in [-0.05, 0) is 13.3 Å². The average molecular weight is 202 g/mol. The van der Waals surface area contributed by atoms with Crippen molar-refractivity contribution in [1.82, 2.24) is 20.3 Å². The predicted octanol–water partition coefficient (Wildman–Crippen LogP) is 1.42. The van der Waals surface area contributed by atoms with E-state index in [0.717, 1.165) is 17.8 Å². The Morgan fingerprint density at radius 2 is 2.27 bits per heavy atom. The first-order valence-electron chi connectivity index (χ1n) is 5.15. The summed E-state index contributed by atoms with van der Waals surface area (Å²) in [5, 5.41) is 11.5. The molecule has 0 saturated heterocycles. The highest BCUT2D eigenvalue weighted by Gasteiger charge is 2.09. The minimum Gasteiger partial charge on any atom is -0.296 e. The van der Waals surface area contributed by atoms with Crippen molar-refractivity contribution in [3.05, 3.63) is 22.9 Å². The van der Waals surface area contributed by atoms with Gasteiger partial charge in [0, 0.05) is 18.2 Å². The zero-order valence-corrected chi connectivity index (χ0v) is 8.99. The third-order valence-corrected chi connectivity index (χ3v) is 2.50. The van der Waals surface area contributed by atoms with E-state index >= 15 is 0 Å². The van der Waals surface area contributed by atoms with E-state index in [2.05, 4.69) is 40.9 Å². The minimum atomic E-state index is 0.489. The summed E-state index contributed by atoms with van der Waals surface area (Å²) in [5.74, 6) is 0. The number of hydrogen-bond acceptors (Lipinski definition) is 3. The quantitative estimate of drug-likeness (QED) is 0.762. The summed E-state index contributed by atoms with van der Waals surface area (Å²) in [6, 6.07) is 0.489. The molecule has 2 rings (SSSR count). The van der Waals surface area contributed by atoms with Gasteiger partial charge in [-0.15, -0.1) is 5.10 Å². The molecule has 0 aliphatic heterocycles. The molecular formula is C11H14N4. The third kappa shape index (κ3) is 2.08. The highest BCUT2D eigenvalue weighted by Crippen LogP contribution is 2.10. The van der Waals surface area contributed by atoms with Gasteiger partial charge >= 0.3 is 0 Å². The minimum absolute atomic E-state index is 0.489. The van der Waals surface area contributed by atoms with E-state index in [1.165, 1.54) is 0 Å². The largest absolute Gasteiger partial charge is 0.296 e. The Bertz CT molecular complexity index is 445. The Hall–Kier alpha value is -1.60. The van der Waals surface area contributed by atoms with Gasteiger partial charge < -0.3 is 0 Å². The number of hydrogen-bond donors (Lipinski definition) is 1. The maximum absolute atomic E-state index is 4.07. The molecule has 15 heavy (non-hydrogen) atoms. The molecule has 4 nitrogen and oxygen atoms in total. The summed E-state index contributed by atoms with van der Waals surface area (Å²) in [7, 11) is 0. The van der Waals surface area contributed by atoms with Crippen molar-refractivity contribution in [3.8, 4) is 0 Å². The van der Waals surface area contributed by atoms with Crippen LogP contribution in [0, 0.1) is 0 Å². The molecule has 0 amide bonds. The van der Waals surface area contributed by atoms with Gasteiger partial charge in [0.25, 0.3) is 0 Å². The molecule has 0 saturated carbocycles. The average Bonchev–Trinajstić information content (AvgIpc) is 2.69. The van der Waals surface area contributed by atoms with Crippen LogP contribution in [0.2, 0.25) is 0 Å². The van der Waals surface area contributed by atoms with Crippen molar-refractivity contribution in [2.24, 2.45) is 0 Å². The van der Waals surface area contributed by atoms with Gasteiger partial charge in [-0.1, -0.05) is 23.6 Å². The van der Waals surface area contributed by atoms with Crippen LogP contribution in [0.5, 0.6) is 0 Å². The first kappa shape index (κ1) is 9.94. The van der Waals surface area contributed by atoms with Crippen LogP contribution in [0.15, 0.2) is 11.5 Å². The van der Waals surface area contributed by atoms with Crippen LogP contribution in [0.3, 0.4) is 0 Å². The van der Waals surface area contributed by atoms with Gasteiger partial charge in [0.2, 0.25) is 0 Å². The molecule has 1 aliphatic rings. The Morgan fingerprint density at radius 3 is 3.07 bits per heavy atom. The second-order valence-electron chi connectivity index (χ2n) is 3.61. The lowest BCUT2D eigenvalue weighted by atomic mass is 10.2. The molecule has 4 heteroatoms. The van der Waals surface area contributed by atoms with Crippen LogP contribution in [0.1, 0.15) is 31.7 Å². The zero-order chi connectivity index (χ0) is 10.7. The monoisotopic (exact) mass is 202 g/mol. The smallest absolute Gasteiger partial charge is 0.122 e. The predicted molar refractivity (Wildman–Crippen MR) is 58.9 cm³/mol. The van der Waals surface area contributed by atoms with E-state index in [-0.39, 0.29) is 0 Å². The van der Waals surface area contributed by atoms with Crippen LogP contribution in [-0.2, 0) is 6.67 Å². The summed E-state index contributed by atoms with van der Waals surface area (Å²) < 4.78 is 1.84. The van der Waals surface area contributed by atoms with Gasteiger partial charge in [-0.3, -0.25) is 5.32 Å². The van der Waals surface area contributed by atoms with Crippen LogP contribution in [-0.4, -0.2) is 21.0 Å². The van der Waals surface area contributed by atoms with Crippen molar-refractivity contribution < 1.29 is 0 Å². The van der Waals surface area contributed by atoms with E-state index in [9.17, 15) is 0 Å². The van der Waals surface area contributed by atoms with Gasteiger partial charge in [0.1, 0.15) is 5.69 Å². The van der Waals surface area contributed by atoms with E-state index < -0.39 is 0 Å². The van der Waals surface area contributed by atoms with Crippen molar-refractivity contribution >= 4 is 12.2 Å². The number of aromatic nitrogens is 3. The molecule has 0 aromatic carbocycles. The van der Waals surface area contributed by atoms with E-state index in [4.69, 9.17) is 0 Å². The lowest BCUT2D eigenvalue weighted by Crippen LogP contribution is -2.28. The number of fused-ring (bicyclic) bond motifs is 1. The Labute approximate surface area is 89.0 Å². The van der Waals surface area contributed by atoms with Crippen LogP contribution < -0.4 is 5.32 Å². The fraction of sp³-hybridized carbons (Fsp3) is 0.455. The van der Waals surface area contributed by atoms with Gasteiger partial charge in [-0.25, -0.2) is 4.68 Å². The second-order valence-corrected chi connectivity index (χ2v) is 3.61. The molecule has 0 radical (unpaired) electrons. The molecule has 1 heterocycles. The van der Waals surface area contributed by atoms with Crippen LogP contribution in [0.4, 0.5) is 0 Å². The summed E-state index contributed by atoms with van der Waals surface area (Å²) in [6.07, 6.45) is 4.75. The van der Waals surface area contributed by atoms with Gasteiger partial charge in [-0.2, -0.15) is 0 Å². The molecule has 1 aromatic heterocycles. The zero-order valence-electron chi connectivity index (χ0n) is 8.99. The van der Waals surface area contributed by atoms with Crippen molar-refractivity contribution in [3.63, 3.8) is 0 Å². The maximum Gasteiger partial charge on any atom is 0.122 e. The second kappa shape index (κ2) is 4.28. The highest BCUT2D eigenvalue weighted by molar-refractivity contribution is 5.62. The van der Waals surface area contributed by atoms with Crippen molar-refractivity contribution in [1.29, 1.82) is 0 Å². The molecule has 1 aliphatic carbocycles. The number of nitrogens with zero attached hydrogens (tertiary/aromatic N) is 3. The van der Waals surface area contributed by atoms with Crippen molar-refractivity contribution in [2.45, 2.75) is 33.0 Å².